The summed E-state index contributed by atoms with van der Waals surface area (Å²) in [7, 11) is 0. The third-order valence-corrected chi connectivity index (χ3v) is 18.8. The molecule has 0 aliphatic carbocycles. The highest BCUT2D eigenvalue weighted by atomic mass is 16.5. The summed E-state index contributed by atoms with van der Waals surface area (Å²) >= 11 is 0. The Morgan fingerprint density at radius 1 is 0.248 bits per heavy atom. The molecule has 0 fully saturated rings. The van der Waals surface area contributed by atoms with Gasteiger partial charge in [-0.25, -0.2) is 0 Å². The van der Waals surface area contributed by atoms with E-state index < -0.39 is 0 Å². The van der Waals surface area contributed by atoms with Gasteiger partial charge in [-0.2, -0.15) is 0 Å². The summed E-state index contributed by atoms with van der Waals surface area (Å²) in [4.78, 5) is 0. The standard InChI is InChI=1S/C96H113NO4/c1-10-19-24-28-32-36-40-44-65-98-93-75-87(60-58-83-69-77(15-6)48-54-81(83)17-8)95(100-67-46-42-38-34-30-26-21-12-3)73-85(93)56-50-79-52-62-91-89(71-79)90-72-80(53-63-92(90)97(91)64-23-14-5)51-57-86-74-96(101-68-47-43-39-35-31-27-22-13-4)88(61-59-84-70-78(16-7)49-55-82(84)18-9)76-94(86)99-66-45-41-37-33-29-25-20-11-2/h6-9,48-49,52-55,62-63,69-76H,10-14,19-47,64-68H2,1-5H3. The predicted molar refractivity (Wildman–Crippen MR) is 428 cm³/mol. The quantitative estimate of drug-likeness (QED) is 0.0282. The Hall–Kier alpha value is -9.20. The Balaban J connectivity index is 1.28. The van der Waals surface area contributed by atoms with E-state index in [4.69, 9.17) is 44.6 Å². The number of aromatic nitrogens is 1. The minimum atomic E-state index is 0.562. The van der Waals surface area contributed by atoms with Crippen LogP contribution in [-0.2, 0) is 6.54 Å². The summed E-state index contributed by atoms with van der Waals surface area (Å²) in [5, 5.41) is 2.24. The summed E-state index contributed by atoms with van der Waals surface area (Å²) in [6.45, 7) is 14.4. The van der Waals surface area contributed by atoms with Gasteiger partial charge in [0.15, 0.2) is 0 Å². The number of rotatable bonds is 43. The van der Waals surface area contributed by atoms with Crippen molar-refractivity contribution < 1.29 is 18.9 Å². The van der Waals surface area contributed by atoms with Gasteiger partial charge < -0.3 is 23.5 Å². The van der Waals surface area contributed by atoms with E-state index >= 15 is 0 Å². The van der Waals surface area contributed by atoms with Gasteiger partial charge in [0.25, 0.3) is 0 Å². The van der Waals surface area contributed by atoms with Crippen molar-refractivity contribution in [3.05, 3.63) is 164 Å². The van der Waals surface area contributed by atoms with Crippen LogP contribution in [-0.4, -0.2) is 31.0 Å². The molecule has 7 aromatic rings. The van der Waals surface area contributed by atoms with Crippen LogP contribution in [0.25, 0.3) is 21.8 Å². The molecule has 0 amide bonds. The van der Waals surface area contributed by atoms with Gasteiger partial charge in [0.1, 0.15) is 23.0 Å². The molecular formula is C96H113NO4. The van der Waals surface area contributed by atoms with Crippen LogP contribution in [0.5, 0.6) is 23.0 Å². The molecule has 0 aliphatic heterocycles. The number of ether oxygens (including phenoxy) is 4. The van der Waals surface area contributed by atoms with Crippen LogP contribution in [0.4, 0.5) is 0 Å². The van der Waals surface area contributed by atoms with E-state index in [0.717, 1.165) is 126 Å². The second-order valence-electron chi connectivity index (χ2n) is 27.0. The average molecular weight is 1340 g/mol. The molecule has 1 heterocycles. The molecule has 0 aliphatic rings. The maximum absolute atomic E-state index is 6.75. The van der Waals surface area contributed by atoms with Crippen molar-refractivity contribution in [1.82, 2.24) is 4.57 Å². The number of unbranched alkanes of at least 4 members (excludes halogenated alkanes) is 29. The number of hydrogen-bond acceptors (Lipinski definition) is 4. The zero-order valence-corrected chi connectivity index (χ0v) is 62.2. The van der Waals surface area contributed by atoms with Crippen LogP contribution in [0.1, 0.15) is 320 Å². The normalized spacial score (nSPS) is 10.6. The van der Waals surface area contributed by atoms with Crippen molar-refractivity contribution in [3.63, 3.8) is 0 Å². The van der Waals surface area contributed by atoms with Crippen LogP contribution in [0.3, 0.4) is 0 Å². The smallest absolute Gasteiger partial charge is 0.136 e. The van der Waals surface area contributed by atoms with Crippen LogP contribution in [0.15, 0.2) is 97.1 Å². The minimum absolute atomic E-state index is 0.562. The first-order valence-corrected chi connectivity index (χ1v) is 38.9. The highest BCUT2D eigenvalue weighted by Gasteiger charge is 2.16. The zero-order chi connectivity index (χ0) is 71.3. The van der Waals surface area contributed by atoms with Crippen molar-refractivity contribution >= 4 is 21.8 Å². The molecule has 5 heteroatoms. The largest absolute Gasteiger partial charge is 0.492 e. The Morgan fingerprint density at radius 3 is 0.802 bits per heavy atom. The van der Waals surface area contributed by atoms with E-state index in [-0.39, 0.29) is 0 Å². The molecule has 0 unspecified atom stereocenters. The van der Waals surface area contributed by atoms with Gasteiger partial charge in [-0.15, -0.1) is 25.7 Å². The minimum Gasteiger partial charge on any atom is -0.492 e. The first kappa shape index (κ1) is 79.1. The molecule has 0 saturated carbocycles. The number of nitrogens with zero attached hydrogens (tertiary/aromatic N) is 1. The second-order valence-corrected chi connectivity index (χ2v) is 27.0. The number of aryl methyl sites for hydroxylation is 1. The lowest BCUT2D eigenvalue weighted by atomic mass is 10.0. The summed E-state index contributed by atoms with van der Waals surface area (Å²) in [6, 6.07) is 32.5. The Bertz CT molecular complexity index is 3900. The lowest BCUT2D eigenvalue weighted by molar-refractivity contribution is 0.295. The van der Waals surface area contributed by atoms with E-state index in [2.05, 4.69) is 147 Å². The topological polar surface area (TPSA) is 41.9 Å². The lowest BCUT2D eigenvalue weighted by Gasteiger charge is -2.14. The summed E-state index contributed by atoms with van der Waals surface area (Å²) in [5.74, 6) is 41.8. The van der Waals surface area contributed by atoms with Crippen LogP contribution < -0.4 is 18.9 Å². The van der Waals surface area contributed by atoms with Gasteiger partial charge >= 0.3 is 0 Å². The summed E-state index contributed by atoms with van der Waals surface area (Å²) in [6.07, 6.45) is 64.3. The fourth-order valence-corrected chi connectivity index (χ4v) is 12.8. The van der Waals surface area contributed by atoms with Crippen molar-refractivity contribution in [1.29, 1.82) is 0 Å². The molecule has 5 nitrogen and oxygen atoms in total. The van der Waals surface area contributed by atoms with Gasteiger partial charge in [-0.05, 0) is 105 Å². The fraction of sp³-hybridized carbons (Fsp3) is 0.458. The third kappa shape index (κ3) is 27.0. The number of terminal acetylenes is 4. The molecule has 0 bridgehead atoms. The van der Waals surface area contributed by atoms with E-state index in [1.165, 1.54) is 154 Å². The Morgan fingerprint density at radius 2 is 0.515 bits per heavy atom. The first-order chi connectivity index (χ1) is 49.8. The molecule has 101 heavy (non-hydrogen) atoms. The molecule has 526 valence electrons. The number of fused-ring (bicyclic) bond motifs is 3. The molecule has 0 atom stereocenters. The van der Waals surface area contributed by atoms with E-state index in [1.807, 2.05) is 60.7 Å². The lowest BCUT2D eigenvalue weighted by Crippen LogP contribution is -2.03. The fourth-order valence-electron chi connectivity index (χ4n) is 12.8. The SMILES string of the molecule is C#Cc1ccc(C#C)c(C#Cc2cc(OCCCCCCCCCC)c(C#Cc3ccc4c(c3)c3cc(C#Cc5cc(OCCCCCCCCCC)c(C#Cc6cc(C#C)ccc6C#C)cc5OCCCCCCCCCC)ccc3n4CCCC)cc2OCCCCCCCCCC)c1. The molecule has 0 N–H and O–H groups in total. The average Bonchev–Trinajstić information content (AvgIpc) is 1.61. The molecular weight excluding hydrogens is 1230 g/mol. The van der Waals surface area contributed by atoms with Gasteiger partial charge in [-0.1, -0.05) is 292 Å². The summed E-state index contributed by atoms with van der Waals surface area (Å²) in [5.41, 5.74) is 11.2. The monoisotopic (exact) mass is 1340 g/mol. The maximum Gasteiger partial charge on any atom is 0.136 e. The highest BCUT2D eigenvalue weighted by molar-refractivity contribution is 6.09. The molecule has 1 aromatic heterocycles. The molecule has 7 rings (SSSR count). The number of benzene rings is 6. The predicted octanol–water partition coefficient (Wildman–Crippen LogP) is 24.2. The Kier molecular flexibility index (Phi) is 36.8. The van der Waals surface area contributed by atoms with Crippen LogP contribution in [0, 0.1) is 96.7 Å². The maximum atomic E-state index is 6.75. The van der Waals surface area contributed by atoms with Crippen molar-refractivity contribution in [2.45, 2.75) is 259 Å². The van der Waals surface area contributed by atoms with Crippen LogP contribution in [0.2, 0.25) is 0 Å². The summed E-state index contributed by atoms with van der Waals surface area (Å²) < 4.78 is 29.4. The Labute approximate surface area is 611 Å². The van der Waals surface area contributed by atoms with Gasteiger partial charge in [-0.3, -0.25) is 0 Å². The molecule has 0 radical (unpaired) electrons. The molecule has 0 saturated heterocycles. The van der Waals surface area contributed by atoms with Gasteiger partial charge in [0.05, 0.1) is 48.7 Å². The number of hydrogen-bond donors (Lipinski definition) is 0. The van der Waals surface area contributed by atoms with E-state index in [0.29, 0.717) is 82.8 Å². The molecule has 6 aromatic carbocycles. The van der Waals surface area contributed by atoms with Crippen LogP contribution >= 0.6 is 0 Å². The molecule has 0 spiro atoms. The third-order valence-electron chi connectivity index (χ3n) is 18.8. The van der Waals surface area contributed by atoms with Crippen molar-refractivity contribution in [2.75, 3.05) is 26.4 Å². The second kappa shape index (κ2) is 47.0. The van der Waals surface area contributed by atoms with Crippen molar-refractivity contribution in [2.24, 2.45) is 0 Å². The highest BCUT2D eigenvalue weighted by Crippen LogP contribution is 2.35. The van der Waals surface area contributed by atoms with Crippen molar-refractivity contribution in [3.8, 4) is 120 Å². The van der Waals surface area contributed by atoms with E-state index in [1.54, 1.807) is 0 Å². The zero-order valence-electron chi connectivity index (χ0n) is 62.2. The van der Waals surface area contributed by atoms with E-state index in [9.17, 15) is 0 Å². The first-order valence-electron chi connectivity index (χ1n) is 38.9. The van der Waals surface area contributed by atoms with Gasteiger partial charge in [0.2, 0.25) is 0 Å². The van der Waals surface area contributed by atoms with Gasteiger partial charge in [0, 0.05) is 97.1 Å².